The molecule has 0 bridgehead atoms. The van der Waals surface area contributed by atoms with Crippen LogP contribution in [0.2, 0.25) is 0 Å². The van der Waals surface area contributed by atoms with Gasteiger partial charge in [0.25, 0.3) is 0 Å². The van der Waals surface area contributed by atoms with Crippen molar-refractivity contribution in [2.75, 3.05) is 0 Å². The van der Waals surface area contributed by atoms with Crippen molar-refractivity contribution in [3.63, 3.8) is 0 Å². The van der Waals surface area contributed by atoms with Crippen molar-refractivity contribution >= 4 is 0 Å². The fraction of sp³-hybridized carbons (Fsp3) is 0.857. The molecule has 2 unspecified atom stereocenters. The molecule has 0 heterocycles. The van der Waals surface area contributed by atoms with Crippen molar-refractivity contribution < 1.29 is 0 Å². The predicted octanol–water partition coefficient (Wildman–Crippen LogP) is 4.56. The lowest BCUT2D eigenvalue weighted by atomic mass is 9.63. The predicted molar refractivity (Wildman–Crippen MR) is 62.2 cm³/mol. The van der Waals surface area contributed by atoms with Crippen LogP contribution in [0.1, 0.15) is 59.3 Å². The zero-order valence-electron chi connectivity index (χ0n) is 9.97. The van der Waals surface area contributed by atoms with Gasteiger partial charge in [0.15, 0.2) is 0 Å². The van der Waals surface area contributed by atoms with Gasteiger partial charge in [-0.1, -0.05) is 31.9 Å². The maximum atomic E-state index is 2.56. The Kier molecular flexibility index (Phi) is 2.72. The second-order valence-corrected chi connectivity index (χ2v) is 5.46. The first-order chi connectivity index (χ1) is 6.72. The molecular weight excluding hydrogens is 168 g/mol. The zero-order chi connectivity index (χ0) is 10.2. The van der Waals surface area contributed by atoms with Gasteiger partial charge in [0.05, 0.1) is 0 Å². The molecule has 0 radical (unpaired) electrons. The lowest BCUT2D eigenvalue weighted by Crippen LogP contribution is -2.32. The SMILES string of the molecule is C/C=C1\CCC[C@]2(C)C(CC)CCC12. The fourth-order valence-electron chi connectivity index (χ4n) is 4.16. The van der Waals surface area contributed by atoms with Gasteiger partial charge >= 0.3 is 0 Å². The molecule has 0 amide bonds. The van der Waals surface area contributed by atoms with Crippen molar-refractivity contribution in [2.45, 2.75) is 59.3 Å². The number of fused-ring (bicyclic) bond motifs is 1. The van der Waals surface area contributed by atoms with Crippen LogP contribution in [0.5, 0.6) is 0 Å². The first-order valence-corrected chi connectivity index (χ1v) is 6.37. The lowest BCUT2D eigenvalue weighted by molar-refractivity contribution is 0.132. The van der Waals surface area contributed by atoms with Crippen LogP contribution in [-0.2, 0) is 0 Å². The summed E-state index contributed by atoms with van der Waals surface area (Å²) < 4.78 is 0. The molecule has 2 aliphatic carbocycles. The second-order valence-electron chi connectivity index (χ2n) is 5.46. The molecule has 0 aromatic carbocycles. The minimum absolute atomic E-state index is 0.662. The molecule has 2 aliphatic rings. The van der Waals surface area contributed by atoms with E-state index in [-0.39, 0.29) is 0 Å². The Hall–Kier alpha value is -0.260. The maximum absolute atomic E-state index is 2.56. The van der Waals surface area contributed by atoms with Crippen molar-refractivity contribution in [3.8, 4) is 0 Å². The third-order valence-corrected chi connectivity index (χ3v) is 5.02. The van der Waals surface area contributed by atoms with Gasteiger partial charge in [-0.15, -0.1) is 0 Å². The molecule has 2 fully saturated rings. The average molecular weight is 192 g/mol. The van der Waals surface area contributed by atoms with Crippen molar-refractivity contribution in [1.82, 2.24) is 0 Å². The Bertz CT molecular complexity index is 238. The van der Waals surface area contributed by atoms with Crippen LogP contribution in [0.15, 0.2) is 11.6 Å². The molecule has 80 valence electrons. The highest BCUT2D eigenvalue weighted by molar-refractivity contribution is 5.17. The van der Waals surface area contributed by atoms with E-state index in [0.29, 0.717) is 5.41 Å². The minimum Gasteiger partial charge on any atom is -0.0882 e. The van der Waals surface area contributed by atoms with Crippen LogP contribution in [0, 0.1) is 17.3 Å². The number of rotatable bonds is 1. The zero-order valence-corrected chi connectivity index (χ0v) is 9.97. The Morgan fingerprint density at radius 3 is 2.86 bits per heavy atom. The molecule has 0 N–H and O–H groups in total. The molecule has 0 saturated heterocycles. The van der Waals surface area contributed by atoms with Crippen LogP contribution in [-0.4, -0.2) is 0 Å². The second kappa shape index (κ2) is 3.72. The summed E-state index contributed by atoms with van der Waals surface area (Å²) in [6.45, 7) is 7.17. The number of allylic oxidation sites excluding steroid dienone is 2. The monoisotopic (exact) mass is 192 g/mol. The van der Waals surface area contributed by atoms with Crippen LogP contribution in [0.3, 0.4) is 0 Å². The summed E-state index contributed by atoms with van der Waals surface area (Å²) in [5, 5.41) is 0. The first-order valence-electron chi connectivity index (χ1n) is 6.37. The molecule has 0 aromatic heterocycles. The summed E-state index contributed by atoms with van der Waals surface area (Å²) in [5.41, 5.74) is 2.43. The molecule has 2 rings (SSSR count). The highest BCUT2D eigenvalue weighted by Gasteiger charge is 2.47. The molecule has 14 heavy (non-hydrogen) atoms. The van der Waals surface area contributed by atoms with Crippen LogP contribution in [0.4, 0.5) is 0 Å². The standard InChI is InChI=1S/C14H24/c1-4-11-7-6-10-14(3)12(5-2)8-9-13(11)14/h4,12-13H,5-10H2,1-3H3/b11-4+/t12?,13?,14-/m1/s1. The Labute approximate surface area is 88.8 Å². The third-order valence-electron chi connectivity index (χ3n) is 5.02. The average Bonchev–Trinajstić information content (AvgIpc) is 2.53. The van der Waals surface area contributed by atoms with Crippen LogP contribution < -0.4 is 0 Å². The molecule has 0 nitrogen and oxygen atoms in total. The van der Waals surface area contributed by atoms with Crippen LogP contribution >= 0.6 is 0 Å². The minimum atomic E-state index is 0.662. The summed E-state index contributed by atoms with van der Waals surface area (Å²) in [6.07, 6.45) is 11.0. The van der Waals surface area contributed by atoms with Gasteiger partial charge in [-0.3, -0.25) is 0 Å². The summed E-state index contributed by atoms with van der Waals surface area (Å²) in [7, 11) is 0. The smallest absolute Gasteiger partial charge is 0.0147 e. The Morgan fingerprint density at radius 1 is 1.43 bits per heavy atom. The van der Waals surface area contributed by atoms with Crippen molar-refractivity contribution in [2.24, 2.45) is 17.3 Å². The summed E-state index contributed by atoms with van der Waals surface area (Å²) in [6, 6.07) is 0. The molecule has 0 heteroatoms. The van der Waals surface area contributed by atoms with E-state index in [2.05, 4.69) is 26.8 Å². The normalized spacial score (nSPS) is 45.5. The van der Waals surface area contributed by atoms with Gasteiger partial charge < -0.3 is 0 Å². The van der Waals surface area contributed by atoms with Gasteiger partial charge in [-0.05, 0) is 56.3 Å². The van der Waals surface area contributed by atoms with Crippen LogP contribution in [0.25, 0.3) is 0 Å². The van der Waals surface area contributed by atoms with E-state index in [1.54, 1.807) is 5.57 Å². The third kappa shape index (κ3) is 1.34. The number of hydrogen-bond donors (Lipinski definition) is 0. The van der Waals surface area contributed by atoms with Gasteiger partial charge in [-0.25, -0.2) is 0 Å². The van der Waals surface area contributed by atoms with Gasteiger partial charge in [-0.2, -0.15) is 0 Å². The summed E-state index contributed by atoms with van der Waals surface area (Å²) in [5.74, 6) is 1.94. The van der Waals surface area contributed by atoms with E-state index in [1.807, 2.05) is 0 Å². The van der Waals surface area contributed by atoms with E-state index in [1.165, 1.54) is 38.5 Å². The molecule has 0 aromatic rings. The summed E-state index contributed by atoms with van der Waals surface area (Å²) >= 11 is 0. The highest BCUT2D eigenvalue weighted by atomic mass is 14.5. The largest absolute Gasteiger partial charge is 0.0882 e. The quantitative estimate of drug-likeness (QED) is 0.534. The maximum Gasteiger partial charge on any atom is -0.0147 e. The van der Waals surface area contributed by atoms with Gasteiger partial charge in [0.2, 0.25) is 0 Å². The van der Waals surface area contributed by atoms with E-state index in [9.17, 15) is 0 Å². The van der Waals surface area contributed by atoms with Gasteiger partial charge in [0.1, 0.15) is 0 Å². The lowest BCUT2D eigenvalue weighted by Gasteiger charge is -2.42. The fourth-order valence-corrected chi connectivity index (χ4v) is 4.16. The number of hydrogen-bond acceptors (Lipinski definition) is 0. The topological polar surface area (TPSA) is 0 Å². The van der Waals surface area contributed by atoms with Gasteiger partial charge in [0, 0.05) is 0 Å². The Morgan fingerprint density at radius 2 is 2.21 bits per heavy atom. The van der Waals surface area contributed by atoms with E-state index >= 15 is 0 Å². The first kappa shape index (κ1) is 10.3. The molecule has 0 aliphatic heterocycles. The summed E-state index contributed by atoms with van der Waals surface area (Å²) in [4.78, 5) is 0. The van der Waals surface area contributed by atoms with E-state index in [0.717, 1.165) is 11.8 Å². The Balaban J connectivity index is 2.25. The molecular formula is C14H24. The van der Waals surface area contributed by atoms with E-state index < -0.39 is 0 Å². The van der Waals surface area contributed by atoms with E-state index in [4.69, 9.17) is 0 Å². The highest BCUT2D eigenvalue weighted by Crippen LogP contribution is 2.58. The van der Waals surface area contributed by atoms with Crippen molar-refractivity contribution in [1.29, 1.82) is 0 Å². The molecule has 2 saturated carbocycles. The molecule has 0 spiro atoms. The molecule has 3 atom stereocenters. The van der Waals surface area contributed by atoms with Crippen molar-refractivity contribution in [3.05, 3.63) is 11.6 Å².